The lowest BCUT2D eigenvalue weighted by Gasteiger charge is -2.30. The van der Waals surface area contributed by atoms with Crippen molar-refractivity contribution in [1.82, 2.24) is 10.2 Å². The van der Waals surface area contributed by atoms with Crippen LogP contribution in [-0.2, 0) is 0 Å². The highest BCUT2D eigenvalue weighted by Crippen LogP contribution is 2.18. The van der Waals surface area contributed by atoms with Crippen LogP contribution in [0.25, 0.3) is 0 Å². The Morgan fingerprint density at radius 3 is 2.73 bits per heavy atom. The Labute approximate surface area is 133 Å². The molecular formula is C18H28N2O2. The summed E-state index contributed by atoms with van der Waals surface area (Å²) in [7, 11) is 0. The maximum atomic E-state index is 12.0. The minimum absolute atomic E-state index is 0.0327. The van der Waals surface area contributed by atoms with Gasteiger partial charge in [0.1, 0.15) is 12.4 Å². The van der Waals surface area contributed by atoms with Crippen LogP contribution in [0.4, 0.5) is 4.79 Å². The van der Waals surface area contributed by atoms with E-state index in [1.165, 1.54) is 12.0 Å². The van der Waals surface area contributed by atoms with Gasteiger partial charge in [-0.05, 0) is 42.4 Å². The number of amides is 2. The zero-order valence-corrected chi connectivity index (χ0v) is 14.0. The van der Waals surface area contributed by atoms with Crippen molar-refractivity contribution in [3.63, 3.8) is 0 Å². The third kappa shape index (κ3) is 4.93. The Bertz CT molecular complexity index is 470. The molecule has 2 amide bonds. The van der Waals surface area contributed by atoms with E-state index in [-0.39, 0.29) is 6.03 Å². The van der Waals surface area contributed by atoms with Crippen LogP contribution in [0.15, 0.2) is 24.3 Å². The van der Waals surface area contributed by atoms with Crippen LogP contribution < -0.4 is 10.1 Å². The number of rotatable bonds is 5. The number of piperidine rings is 1. The van der Waals surface area contributed by atoms with E-state index in [2.05, 4.69) is 38.2 Å². The average Bonchev–Trinajstić information content (AvgIpc) is 2.51. The Morgan fingerprint density at radius 2 is 2.09 bits per heavy atom. The second-order valence-electron chi connectivity index (χ2n) is 6.50. The molecule has 0 radical (unpaired) electrons. The van der Waals surface area contributed by atoms with Crippen LogP contribution in [0, 0.1) is 5.92 Å². The maximum Gasteiger partial charge on any atom is 0.317 e. The molecule has 1 N–H and O–H groups in total. The zero-order valence-electron chi connectivity index (χ0n) is 14.0. The van der Waals surface area contributed by atoms with Crippen LogP contribution in [0.5, 0.6) is 5.75 Å². The van der Waals surface area contributed by atoms with Crippen LogP contribution in [0.1, 0.15) is 45.1 Å². The number of carbonyl (C=O) groups excluding carboxylic acids is 1. The lowest BCUT2D eigenvalue weighted by molar-refractivity contribution is 0.167. The number of benzene rings is 1. The number of carbonyl (C=O) groups is 1. The van der Waals surface area contributed by atoms with E-state index < -0.39 is 0 Å². The van der Waals surface area contributed by atoms with E-state index in [0.717, 1.165) is 25.3 Å². The summed E-state index contributed by atoms with van der Waals surface area (Å²) in [5.74, 6) is 1.99. The van der Waals surface area contributed by atoms with Gasteiger partial charge in [0, 0.05) is 13.1 Å². The first-order valence-corrected chi connectivity index (χ1v) is 8.32. The highest BCUT2D eigenvalue weighted by atomic mass is 16.5. The SMILES string of the molecule is CC1CCCN(C(=O)NCCOc2ccc(C(C)C)cc2)C1. The van der Waals surface area contributed by atoms with E-state index in [9.17, 15) is 4.79 Å². The van der Waals surface area contributed by atoms with Crippen molar-refractivity contribution in [2.24, 2.45) is 5.92 Å². The molecule has 1 aromatic rings. The second kappa shape index (κ2) is 8.06. The summed E-state index contributed by atoms with van der Waals surface area (Å²) in [6.07, 6.45) is 2.33. The number of urea groups is 1. The Hall–Kier alpha value is -1.71. The molecule has 0 aromatic heterocycles. The van der Waals surface area contributed by atoms with Gasteiger partial charge >= 0.3 is 6.03 Å². The summed E-state index contributed by atoms with van der Waals surface area (Å²) in [6, 6.07) is 8.19. The Kier molecular flexibility index (Phi) is 6.10. The van der Waals surface area contributed by atoms with Crippen molar-refractivity contribution in [1.29, 1.82) is 0 Å². The zero-order chi connectivity index (χ0) is 15.9. The lowest BCUT2D eigenvalue weighted by Crippen LogP contribution is -2.45. The Balaban J connectivity index is 1.67. The molecule has 4 heteroatoms. The number of hydrogen-bond acceptors (Lipinski definition) is 2. The molecule has 2 rings (SSSR count). The molecule has 0 aliphatic carbocycles. The van der Waals surface area contributed by atoms with Crippen molar-refractivity contribution in [2.45, 2.75) is 39.5 Å². The highest BCUT2D eigenvalue weighted by Gasteiger charge is 2.20. The number of likely N-dealkylation sites (tertiary alicyclic amines) is 1. The fourth-order valence-corrected chi connectivity index (χ4v) is 2.76. The molecule has 1 aromatic carbocycles. The van der Waals surface area contributed by atoms with Crippen molar-refractivity contribution < 1.29 is 9.53 Å². The quantitative estimate of drug-likeness (QED) is 0.844. The van der Waals surface area contributed by atoms with E-state index in [1.807, 2.05) is 17.0 Å². The standard InChI is InChI=1S/C18H28N2O2/c1-14(2)16-6-8-17(9-7-16)22-12-10-19-18(21)20-11-4-5-15(3)13-20/h6-9,14-15H,4-5,10-13H2,1-3H3,(H,19,21). The average molecular weight is 304 g/mol. The van der Waals surface area contributed by atoms with Gasteiger partial charge in [-0.25, -0.2) is 4.79 Å². The van der Waals surface area contributed by atoms with Crippen LogP contribution in [0.3, 0.4) is 0 Å². The Morgan fingerprint density at radius 1 is 1.36 bits per heavy atom. The summed E-state index contributed by atoms with van der Waals surface area (Å²) in [6.45, 7) is 9.31. The van der Waals surface area contributed by atoms with Crippen LogP contribution >= 0.6 is 0 Å². The van der Waals surface area contributed by atoms with E-state index in [0.29, 0.717) is 25.0 Å². The monoisotopic (exact) mass is 304 g/mol. The summed E-state index contributed by atoms with van der Waals surface area (Å²) >= 11 is 0. The van der Waals surface area contributed by atoms with Crippen LogP contribution in [-0.4, -0.2) is 37.2 Å². The summed E-state index contributed by atoms with van der Waals surface area (Å²) < 4.78 is 5.67. The molecule has 0 bridgehead atoms. The van der Waals surface area contributed by atoms with Crippen molar-refractivity contribution in [2.75, 3.05) is 26.2 Å². The fourth-order valence-electron chi connectivity index (χ4n) is 2.76. The third-order valence-corrected chi connectivity index (χ3v) is 4.14. The molecule has 1 atom stereocenters. The first kappa shape index (κ1) is 16.7. The molecule has 1 fully saturated rings. The number of ether oxygens (including phenoxy) is 1. The smallest absolute Gasteiger partial charge is 0.317 e. The molecule has 4 nitrogen and oxygen atoms in total. The fraction of sp³-hybridized carbons (Fsp3) is 0.611. The van der Waals surface area contributed by atoms with Gasteiger partial charge < -0.3 is 15.0 Å². The molecule has 1 heterocycles. The van der Waals surface area contributed by atoms with Gasteiger partial charge in [0.25, 0.3) is 0 Å². The van der Waals surface area contributed by atoms with Gasteiger partial charge in [0.15, 0.2) is 0 Å². The summed E-state index contributed by atoms with van der Waals surface area (Å²) in [5.41, 5.74) is 1.31. The largest absolute Gasteiger partial charge is 0.492 e. The second-order valence-corrected chi connectivity index (χ2v) is 6.50. The van der Waals surface area contributed by atoms with Crippen molar-refractivity contribution >= 4 is 6.03 Å². The normalized spacial score (nSPS) is 18.4. The molecule has 0 spiro atoms. The number of nitrogens with zero attached hydrogens (tertiary/aromatic N) is 1. The van der Waals surface area contributed by atoms with E-state index in [4.69, 9.17) is 4.74 Å². The molecule has 1 saturated heterocycles. The summed E-state index contributed by atoms with van der Waals surface area (Å²) in [5, 5.41) is 2.93. The first-order valence-electron chi connectivity index (χ1n) is 8.32. The molecule has 1 unspecified atom stereocenters. The first-order chi connectivity index (χ1) is 10.6. The molecule has 0 saturated carbocycles. The van der Waals surface area contributed by atoms with Gasteiger partial charge in [-0.2, -0.15) is 0 Å². The van der Waals surface area contributed by atoms with Gasteiger partial charge in [-0.1, -0.05) is 32.9 Å². The van der Waals surface area contributed by atoms with Crippen LogP contribution in [0.2, 0.25) is 0 Å². The van der Waals surface area contributed by atoms with Gasteiger partial charge in [-0.3, -0.25) is 0 Å². The maximum absolute atomic E-state index is 12.0. The summed E-state index contributed by atoms with van der Waals surface area (Å²) in [4.78, 5) is 13.9. The molecule has 22 heavy (non-hydrogen) atoms. The van der Waals surface area contributed by atoms with Gasteiger partial charge in [0.2, 0.25) is 0 Å². The minimum Gasteiger partial charge on any atom is -0.492 e. The minimum atomic E-state index is 0.0327. The number of nitrogens with one attached hydrogen (secondary N) is 1. The molecule has 122 valence electrons. The van der Waals surface area contributed by atoms with Gasteiger partial charge in [-0.15, -0.1) is 0 Å². The number of hydrogen-bond donors (Lipinski definition) is 1. The topological polar surface area (TPSA) is 41.6 Å². The van der Waals surface area contributed by atoms with Crippen molar-refractivity contribution in [3.8, 4) is 5.75 Å². The molecule has 1 aliphatic heterocycles. The predicted molar refractivity (Wildman–Crippen MR) is 89.4 cm³/mol. The van der Waals surface area contributed by atoms with Crippen molar-refractivity contribution in [3.05, 3.63) is 29.8 Å². The van der Waals surface area contributed by atoms with E-state index in [1.54, 1.807) is 0 Å². The lowest BCUT2D eigenvalue weighted by atomic mass is 10.0. The highest BCUT2D eigenvalue weighted by molar-refractivity contribution is 5.74. The predicted octanol–water partition coefficient (Wildman–Crippen LogP) is 3.63. The van der Waals surface area contributed by atoms with E-state index >= 15 is 0 Å². The molecule has 1 aliphatic rings. The van der Waals surface area contributed by atoms with Gasteiger partial charge in [0.05, 0.1) is 6.54 Å². The third-order valence-electron chi connectivity index (χ3n) is 4.14. The molecular weight excluding hydrogens is 276 g/mol.